The van der Waals surface area contributed by atoms with E-state index in [4.69, 9.17) is 16.3 Å². The first-order chi connectivity index (χ1) is 18.4. The molecule has 3 aromatic rings. The summed E-state index contributed by atoms with van der Waals surface area (Å²) in [6, 6.07) is 11.6. The fraction of sp³-hybridized carbons (Fsp3) is 0.231. The molecule has 0 bridgehead atoms. The predicted molar refractivity (Wildman–Crippen MR) is 140 cm³/mol. The summed E-state index contributed by atoms with van der Waals surface area (Å²) in [6.07, 6.45) is -4.67. The highest BCUT2D eigenvalue weighted by Gasteiger charge is 2.32. The number of rotatable bonds is 6. The third-order valence-corrected chi connectivity index (χ3v) is 6.35. The second-order valence-electron chi connectivity index (χ2n) is 8.70. The number of hydrogen-bond acceptors (Lipinski definition) is 6. The Morgan fingerprint density at radius 1 is 1.03 bits per heavy atom. The van der Waals surface area contributed by atoms with E-state index in [2.05, 4.69) is 10.6 Å². The van der Waals surface area contributed by atoms with Crippen LogP contribution in [0.1, 0.15) is 31.8 Å². The van der Waals surface area contributed by atoms with Gasteiger partial charge in [0.25, 0.3) is 11.8 Å². The molecule has 9 nitrogen and oxygen atoms in total. The summed E-state index contributed by atoms with van der Waals surface area (Å²) in [5.41, 5.74) is -0.751. The van der Waals surface area contributed by atoms with Gasteiger partial charge in [0.05, 0.1) is 23.7 Å². The monoisotopic (exact) mass is 562 g/mol. The minimum Gasteiger partial charge on any atom is -0.378 e. The summed E-state index contributed by atoms with van der Waals surface area (Å²) >= 11 is 5.89. The molecular weight excluding hydrogens is 541 g/mol. The number of halogens is 4. The number of carbonyl (C=O) groups excluding carboxylic acids is 2. The Balaban J connectivity index is 1.59. The molecule has 1 aliphatic heterocycles. The zero-order valence-electron chi connectivity index (χ0n) is 20.5. The Morgan fingerprint density at radius 3 is 2.41 bits per heavy atom. The Morgan fingerprint density at radius 2 is 1.74 bits per heavy atom. The van der Waals surface area contributed by atoms with E-state index in [9.17, 15) is 32.9 Å². The van der Waals surface area contributed by atoms with Crippen LogP contribution in [0.25, 0.3) is 0 Å². The smallest absolute Gasteiger partial charge is 0.378 e. The number of carbonyl (C=O) groups is 2. The number of nitro groups is 1. The summed E-state index contributed by atoms with van der Waals surface area (Å²) in [4.78, 5) is 38.2. The van der Waals surface area contributed by atoms with Crippen molar-refractivity contribution in [2.45, 2.75) is 13.1 Å². The highest BCUT2D eigenvalue weighted by atomic mass is 35.5. The second-order valence-corrected chi connectivity index (χ2v) is 9.10. The lowest BCUT2D eigenvalue weighted by atomic mass is 10.1. The summed E-state index contributed by atoms with van der Waals surface area (Å²) < 4.78 is 46.1. The van der Waals surface area contributed by atoms with Crippen molar-refractivity contribution in [3.63, 3.8) is 0 Å². The molecule has 1 fully saturated rings. The van der Waals surface area contributed by atoms with Crippen molar-refractivity contribution in [1.29, 1.82) is 0 Å². The number of para-hydroxylation sites is 1. The van der Waals surface area contributed by atoms with Gasteiger partial charge in [-0.15, -0.1) is 0 Å². The zero-order chi connectivity index (χ0) is 28.3. The molecule has 0 aromatic heterocycles. The van der Waals surface area contributed by atoms with E-state index in [1.54, 1.807) is 17.9 Å². The van der Waals surface area contributed by atoms with Gasteiger partial charge < -0.3 is 20.3 Å². The number of hydrogen-bond donors (Lipinski definition) is 2. The summed E-state index contributed by atoms with van der Waals surface area (Å²) in [6.45, 7) is 3.14. The lowest BCUT2D eigenvalue weighted by molar-refractivity contribution is -0.385. The van der Waals surface area contributed by atoms with Gasteiger partial charge in [-0.1, -0.05) is 23.7 Å². The first kappa shape index (κ1) is 27.9. The maximum Gasteiger partial charge on any atom is 0.416 e. The minimum absolute atomic E-state index is 0.187. The van der Waals surface area contributed by atoms with Gasteiger partial charge in [-0.2, -0.15) is 13.2 Å². The second kappa shape index (κ2) is 11.3. The van der Waals surface area contributed by atoms with Crippen LogP contribution >= 0.6 is 11.6 Å². The number of nitrogens with zero attached hydrogens (tertiary/aromatic N) is 2. The maximum absolute atomic E-state index is 13.6. The molecule has 0 radical (unpaired) electrons. The van der Waals surface area contributed by atoms with E-state index >= 15 is 0 Å². The number of benzene rings is 3. The van der Waals surface area contributed by atoms with Crippen molar-refractivity contribution in [2.75, 3.05) is 41.8 Å². The molecule has 0 saturated carbocycles. The zero-order valence-corrected chi connectivity index (χ0v) is 21.2. The molecule has 204 valence electrons. The number of aryl methyl sites for hydroxylation is 1. The van der Waals surface area contributed by atoms with Crippen LogP contribution in [-0.4, -0.2) is 43.0 Å². The van der Waals surface area contributed by atoms with Gasteiger partial charge in [0.15, 0.2) is 0 Å². The van der Waals surface area contributed by atoms with Crippen LogP contribution in [0.3, 0.4) is 0 Å². The van der Waals surface area contributed by atoms with Gasteiger partial charge in [-0.05, 0) is 55.0 Å². The predicted octanol–water partition coefficient (Wildman–Crippen LogP) is 5.92. The Labute approximate surface area is 225 Å². The molecule has 4 rings (SSSR count). The highest BCUT2D eigenvalue weighted by molar-refractivity contribution is 6.33. The van der Waals surface area contributed by atoms with Crippen LogP contribution in [0.5, 0.6) is 0 Å². The largest absolute Gasteiger partial charge is 0.416 e. The molecule has 0 unspecified atom stereocenters. The third-order valence-electron chi connectivity index (χ3n) is 6.04. The van der Waals surface area contributed by atoms with Crippen LogP contribution in [0.4, 0.5) is 35.9 Å². The molecule has 0 atom stereocenters. The topological polar surface area (TPSA) is 114 Å². The molecule has 3 aromatic carbocycles. The van der Waals surface area contributed by atoms with Gasteiger partial charge in [0.2, 0.25) is 0 Å². The number of anilines is 3. The van der Waals surface area contributed by atoms with Crippen LogP contribution in [-0.2, 0) is 10.9 Å². The maximum atomic E-state index is 13.6. The van der Waals surface area contributed by atoms with E-state index in [0.29, 0.717) is 31.9 Å². The van der Waals surface area contributed by atoms with Gasteiger partial charge in [-0.3, -0.25) is 19.7 Å². The summed E-state index contributed by atoms with van der Waals surface area (Å²) in [7, 11) is 0. The fourth-order valence-corrected chi connectivity index (χ4v) is 4.27. The molecular formula is C26H22ClF3N4O5. The van der Waals surface area contributed by atoms with Crippen molar-refractivity contribution in [2.24, 2.45) is 0 Å². The standard InChI is InChI=1S/C26H22ClF3N4O5/c1-15-5-6-18(14-22(15)32-25(36)20-3-2-4-21(27)23(20)34(37)38)31-24(35)16-11-17(26(28,29)30)13-19(12-16)33-7-9-39-10-8-33/h2-6,11-14H,7-10H2,1H3,(H,31,35)(H,32,36). The van der Waals surface area contributed by atoms with Crippen LogP contribution in [0, 0.1) is 17.0 Å². The quantitative estimate of drug-likeness (QED) is 0.285. The molecule has 2 N–H and O–H groups in total. The van der Waals surface area contributed by atoms with E-state index in [-0.39, 0.29) is 33.2 Å². The third kappa shape index (κ3) is 6.47. The SMILES string of the molecule is Cc1ccc(NC(=O)c2cc(N3CCOCC3)cc(C(F)(F)F)c2)cc1NC(=O)c1cccc(Cl)c1[N+](=O)[O-]. The lowest BCUT2D eigenvalue weighted by Gasteiger charge is -2.29. The average molecular weight is 563 g/mol. The van der Waals surface area contributed by atoms with E-state index < -0.39 is 34.2 Å². The molecule has 1 aliphatic rings. The molecule has 1 heterocycles. The molecule has 1 saturated heterocycles. The van der Waals surface area contributed by atoms with Crippen molar-refractivity contribution < 1.29 is 32.4 Å². The van der Waals surface area contributed by atoms with Gasteiger partial charge in [0, 0.05) is 35.7 Å². The van der Waals surface area contributed by atoms with Gasteiger partial charge >= 0.3 is 11.9 Å². The van der Waals surface area contributed by atoms with Crippen LogP contribution < -0.4 is 15.5 Å². The van der Waals surface area contributed by atoms with Crippen molar-refractivity contribution in [3.05, 3.63) is 92.0 Å². The molecule has 2 amide bonds. The summed E-state index contributed by atoms with van der Waals surface area (Å²) in [5, 5.41) is 16.3. The van der Waals surface area contributed by atoms with Crippen LogP contribution in [0.2, 0.25) is 5.02 Å². The number of nitro benzene ring substituents is 1. The van der Waals surface area contributed by atoms with Crippen molar-refractivity contribution >= 4 is 46.2 Å². The molecule has 0 spiro atoms. The molecule has 39 heavy (non-hydrogen) atoms. The van der Waals surface area contributed by atoms with Crippen molar-refractivity contribution in [3.8, 4) is 0 Å². The number of nitrogens with one attached hydrogen (secondary N) is 2. The van der Waals surface area contributed by atoms with Gasteiger partial charge in [0.1, 0.15) is 10.6 Å². The number of alkyl halides is 3. The first-order valence-corrected chi connectivity index (χ1v) is 12.0. The normalized spacial score (nSPS) is 13.6. The molecule has 0 aliphatic carbocycles. The average Bonchev–Trinajstić information content (AvgIpc) is 2.90. The summed E-state index contributed by atoms with van der Waals surface area (Å²) in [5.74, 6) is -1.59. The molecule has 13 heteroatoms. The van der Waals surface area contributed by atoms with E-state index in [1.807, 2.05) is 0 Å². The van der Waals surface area contributed by atoms with Gasteiger partial charge in [-0.25, -0.2) is 0 Å². The van der Waals surface area contributed by atoms with E-state index in [1.165, 1.54) is 36.4 Å². The Kier molecular flexibility index (Phi) is 8.07. The van der Waals surface area contributed by atoms with Crippen LogP contribution in [0.15, 0.2) is 54.6 Å². The lowest BCUT2D eigenvalue weighted by Crippen LogP contribution is -2.36. The number of morpholine rings is 1. The Bertz CT molecular complexity index is 1440. The van der Waals surface area contributed by atoms with Crippen molar-refractivity contribution in [1.82, 2.24) is 0 Å². The number of amides is 2. The fourth-order valence-electron chi connectivity index (χ4n) is 4.02. The Hall–Kier alpha value is -4.16. The number of ether oxygens (including phenoxy) is 1. The minimum atomic E-state index is -4.67. The highest BCUT2D eigenvalue weighted by Crippen LogP contribution is 2.34. The van der Waals surface area contributed by atoms with E-state index in [0.717, 1.165) is 12.1 Å². The first-order valence-electron chi connectivity index (χ1n) is 11.7.